The third kappa shape index (κ3) is 2.99. The monoisotopic (exact) mass is 231 g/mol. The fraction of sp³-hybridized carbons (Fsp3) is 0.500. The highest BCUT2D eigenvalue weighted by Crippen LogP contribution is 2.14. The highest BCUT2D eigenvalue weighted by atomic mass is 15.3. The molecule has 0 saturated heterocycles. The molecule has 1 aliphatic heterocycles. The summed E-state index contributed by atoms with van der Waals surface area (Å²) in [5, 5.41) is 3.42. The lowest BCUT2D eigenvalue weighted by Gasteiger charge is -2.18. The maximum atomic E-state index is 4.43. The summed E-state index contributed by atoms with van der Waals surface area (Å²) < 4.78 is 0. The van der Waals surface area contributed by atoms with Gasteiger partial charge in [-0.2, -0.15) is 0 Å². The molecule has 0 amide bonds. The van der Waals surface area contributed by atoms with Crippen LogP contribution in [0.3, 0.4) is 0 Å². The van der Waals surface area contributed by atoms with Crippen LogP contribution in [-0.4, -0.2) is 37.5 Å². The largest absolute Gasteiger partial charge is 0.356 e. The van der Waals surface area contributed by atoms with Gasteiger partial charge >= 0.3 is 0 Å². The maximum Gasteiger partial charge on any atom is 0.193 e. The van der Waals surface area contributed by atoms with Gasteiger partial charge in [0.05, 0.1) is 6.54 Å². The fourth-order valence-electron chi connectivity index (χ4n) is 1.98. The molecule has 0 aromatic heterocycles. The van der Waals surface area contributed by atoms with Crippen LogP contribution >= 0.6 is 0 Å². The van der Waals surface area contributed by atoms with E-state index in [0.717, 1.165) is 25.6 Å². The second-order valence-corrected chi connectivity index (χ2v) is 4.82. The molecule has 1 N–H and O–H groups in total. The Morgan fingerprint density at radius 2 is 2.06 bits per heavy atom. The van der Waals surface area contributed by atoms with Crippen LogP contribution < -0.4 is 5.32 Å². The van der Waals surface area contributed by atoms with Crippen LogP contribution in [0.2, 0.25) is 0 Å². The highest BCUT2D eigenvalue weighted by Gasteiger charge is 2.13. The third-order valence-electron chi connectivity index (χ3n) is 3.27. The summed E-state index contributed by atoms with van der Waals surface area (Å²) in [6.07, 6.45) is 0. The van der Waals surface area contributed by atoms with Crippen molar-refractivity contribution in [2.45, 2.75) is 19.8 Å². The number of nitrogens with one attached hydrogen (secondary N) is 1. The first-order chi connectivity index (χ1) is 8.16. The molecular formula is C14H21N3. The number of rotatable bonds is 3. The van der Waals surface area contributed by atoms with Crippen molar-refractivity contribution in [1.82, 2.24) is 10.2 Å². The summed E-state index contributed by atoms with van der Waals surface area (Å²) in [5.74, 6) is 1.54. The predicted octanol–water partition coefficient (Wildman–Crippen LogP) is 1.99. The molecule has 1 aliphatic rings. The van der Waals surface area contributed by atoms with E-state index in [1.54, 1.807) is 0 Å². The van der Waals surface area contributed by atoms with Gasteiger partial charge in [0.25, 0.3) is 0 Å². The molecule has 0 aliphatic carbocycles. The minimum Gasteiger partial charge on any atom is -0.356 e. The van der Waals surface area contributed by atoms with E-state index in [0.29, 0.717) is 5.92 Å². The average Bonchev–Trinajstić information content (AvgIpc) is 2.73. The van der Waals surface area contributed by atoms with Crippen molar-refractivity contribution in [2.75, 3.05) is 26.7 Å². The zero-order valence-electron chi connectivity index (χ0n) is 10.9. The van der Waals surface area contributed by atoms with Crippen LogP contribution in [-0.2, 0) is 0 Å². The quantitative estimate of drug-likeness (QED) is 0.861. The molecule has 1 aromatic rings. The third-order valence-corrected chi connectivity index (χ3v) is 3.27. The molecule has 92 valence electrons. The Balaban J connectivity index is 1.89. The van der Waals surface area contributed by atoms with Crippen molar-refractivity contribution >= 4 is 5.96 Å². The molecule has 1 aromatic carbocycles. The maximum absolute atomic E-state index is 4.43. The Morgan fingerprint density at radius 1 is 1.35 bits per heavy atom. The van der Waals surface area contributed by atoms with Crippen molar-refractivity contribution in [3.8, 4) is 0 Å². The molecule has 1 heterocycles. The van der Waals surface area contributed by atoms with Crippen LogP contribution in [0.15, 0.2) is 29.3 Å². The van der Waals surface area contributed by atoms with Gasteiger partial charge in [-0.3, -0.25) is 4.99 Å². The zero-order chi connectivity index (χ0) is 12.3. The van der Waals surface area contributed by atoms with Gasteiger partial charge in [-0.1, -0.05) is 36.8 Å². The van der Waals surface area contributed by atoms with Crippen LogP contribution in [0, 0.1) is 6.92 Å². The van der Waals surface area contributed by atoms with Crippen LogP contribution in [0.4, 0.5) is 0 Å². The second kappa shape index (κ2) is 5.21. The normalized spacial score (nSPS) is 16.9. The van der Waals surface area contributed by atoms with E-state index in [-0.39, 0.29) is 0 Å². The van der Waals surface area contributed by atoms with Gasteiger partial charge in [-0.15, -0.1) is 0 Å². The lowest BCUT2D eigenvalue weighted by molar-refractivity contribution is 0.529. The van der Waals surface area contributed by atoms with Crippen LogP contribution in [0.5, 0.6) is 0 Å². The molecule has 0 radical (unpaired) electrons. The average molecular weight is 231 g/mol. The smallest absolute Gasteiger partial charge is 0.193 e. The summed E-state index contributed by atoms with van der Waals surface area (Å²) in [6.45, 7) is 7.24. The van der Waals surface area contributed by atoms with Gasteiger partial charge in [0, 0.05) is 20.1 Å². The van der Waals surface area contributed by atoms with E-state index in [4.69, 9.17) is 0 Å². The number of hydrogen-bond donors (Lipinski definition) is 1. The van der Waals surface area contributed by atoms with Crippen molar-refractivity contribution in [2.24, 2.45) is 4.99 Å². The molecule has 17 heavy (non-hydrogen) atoms. The standard InChI is InChI=1S/C14H21N3/c1-11-4-6-13(7-5-11)12(2)10-16-14-15-8-9-17(14)3/h4-7,12H,8-10H2,1-3H3,(H,15,16). The molecule has 3 nitrogen and oxygen atoms in total. The molecule has 0 spiro atoms. The summed E-state index contributed by atoms with van der Waals surface area (Å²) in [5.41, 5.74) is 2.69. The lowest BCUT2D eigenvalue weighted by Crippen LogP contribution is -2.37. The van der Waals surface area contributed by atoms with E-state index in [1.165, 1.54) is 11.1 Å². The number of likely N-dealkylation sites (N-methyl/N-ethyl adjacent to an activating group) is 1. The summed E-state index contributed by atoms with van der Waals surface area (Å²) in [7, 11) is 2.08. The Morgan fingerprint density at radius 3 is 2.65 bits per heavy atom. The van der Waals surface area contributed by atoms with Gasteiger partial charge in [0.1, 0.15) is 0 Å². The minimum atomic E-state index is 0.507. The molecule has 1 atom stereocenters. The van der Waals surface area contributed by atoms with Crippen molar-refractivity contribution in [1.29, 1.82) is 0 Å². The summed E-state index contributed by atoms with van der Waals surface area (Å²) >= 11 is 0. The fourth-order valence-corrected chi connectivity index (χ4v) is 1.98. The molecular weight excluding hydrogens is 210 g/mol. The number of aryl methyl sites for hydroxylation is 1. The molecule has 1 unspecified atom stereocenters. The zero-order valence-corrected chi connectivity index (χ0v) is 10.9. The number of hydrogen-bond acceptors (Lipinski definition) is 3. The number of benzene rings is 1. The van der Waals surface area contributed by atoms with Crippen molar-refractivity contribution in [3.05, 3.63) is 35.4 Å². The van der Waals surface area contributed by atoms with Gasteiger partial charge < -0.3 is 10.2 Å². The number of nitrogens with zero attached hydrogens (tertiary/aromatic N) is 2. The molecule has 2 rings (SSSR count). The Bertz CT molecular complexity index is 394. The van der Waals surface area contributed by atoms with Gasteiger partial charge in [0.2, 0.25) is 0 Å². The van der Waals surface area contributed by atoms with E-state index < -0.39 is 0 Å². The number of guanidine groups is 1. The number of aliphatic imine (C=N–C) groups is 1. The Labute approximate surface area is 104 Å². The van der Waals surface area contributed by atoms with Crippen molar-refractivity contribution in [3.63, 3.8) is 0 Å². The molecule has 3 heteroatoms. The van der Waals surface area contributed by atoms with Gasteiger partial charge in [-0.25, -0.2) is 0 Å². The topological polar surface area (TPSA) is 27.6 Å². The minimum absolute atomic E-state index is 0.507. The second-order valence-electron chi connectivity index (χ2n) is 4.82. The first-order valence-electron chi connectivity index (χ1n) is 6.23. The summed E-state index contributed by atoms with van der Waals surface area (Å²) in [4.78, 5) is 6.60. The van der Waals surface area contributed by atoms with Crippen LogP contribution in [0.1, 0.15) is 24.0 Å². The van der Waals surface area contributed by atoms with E-state index >= 15 is 0 Å². The van der Waals surface area contributed by atoms with E-state index in [2.05, 4.69) is 60.4 Å². The van der Waals surface area contributed by atoms with Gasteiger partial charge in [0.15, 0.2) is 5.96 Å². The highest BCUT2D eigenvalue weighted by molar-refractivity contribution is 5.81. The van der Waals surface area contributed by atoms with Crippen LogP contribution in [0.25, 0.3) is 0 Å². The molecule has 0 fully saturated rings. The SMILES string of the molecule is Cc1ccc(C(C)CNC2=NCCN2C)cc1. The van der Waals surface area contributed by atoms with E-state index in [9.17, 15) is 0 Å². The van der Waals surface area contributed by atoms with Gasteiger partial charge in [-0.05, 0) is 18.4 Å². The first-order valence-corrected chi connectivity index (χ1v) is 6.23. The Hall–Kier alpha value is -1.51. The predicted molar refractivity (Wildman–Crippen MR) is 72.5 cm³/mol. The van der Waals surface area contributed by atoms with E-state index in [1.807, 2.05) is 0 Å². The first kappa shape index (κ1) is 12.0. The molecule has 0 bridgehead atoms. The Kier molecular flexibility index (Phi) is 3.67. The molecule has 0 saturated carbocycles. The lowest BCUT2D eigenvalue weighted by atomic mass is 10.0. The van der Waals surface area contributed by atoms with Crippen molar-refractivity contribution < 1.29 is 0 Å². The summed E-state index contributed by atoms with van der Waals surface area (Å²) in [6, 6.07) is 8.76.